The number of hydrogen-bond acceptors (Lipinski definition) is 4. The molecule has 0 aromatic heterocycles. The number of amides is 2. The van der Waals surface area contributed by atoms with Gasteiger partial charge in [-0.1, -0.05) is 53.5 Å². The molecule has 32 heavy (non-hydrogen) atoms. The molecule has 0 atom stereocenters. The number of carbonyl (C=O) groups is 2. The molecule has 1 heterocycles. The van der Waals surface area contributed by atoms with E-state index < -0.39 is 5.91 Å². The summed E-state index contributed by atoms with van der Waals surface area (Å²) in [4.78, 5) is 27.9. The largest absolute Gasteiger partial charge is 0.494 e. The lowest BCUT2D eigenvalue weighted by Gasteiger charge is -2.15. The molecule has 2 amide bonds. The van der Waals surface area contributed by atoms with E-state index in [1.54, 1.807) is 54.6 Å². The number of ether oxygens (including phenoxy) is 1. The van der Waals surface area contributed by atoms with E-state index >= 15 is 0 Å². The number of nitrogens with zero attached hydrogens (tertiary/aromatic N) is 1. The van der Waals surface area contributed by atoms with Crippen molar-refractivity contribution >= 4 is 46.3 Å². The third kappa shape index (κ3) is 4.64. The summed E-state index contributed by atoms with van der Waals surface area (Å²) in [5.41, 5.74) is 2.55. The van der Waals surface area contributed by atoms with Crippen molar-refractivity contribution < 1.29 is 14.3 Å². The molecule has 0 bridgehead atoms. The lowest BCUT2D eigenvalue weighted by atomic mass is 10.0. The van der Waals surface area contributed by atoms with Gasteiger partial charge in [0.25, 0.3) is 11.8 Å². The van der Waals surface area contributed by atoms with E-state index in [9.17, 15) is 9.59 Å². The van der Waals surface area contributed by atoms with Crippen LogP contribution in [-0.2, 0) is 16.1 Å². The molecule has 3 aromatic carbocycles. The Morgan fingerprint density at radius 1 is 0.875 bits per heavy atom. The lowest BCUT2D eigenvalue weighted by molar-refractivity contribution is -0.137. The van der Waals surface area contributed by atoms with Crippen LogP contribution in [0, 0.1) is 0 Å². The summed E-state index contributed by atoms with van der Waals surface area (Å²) in [6.45, 7) is 2.56. The fourth-order valence-corrected chi connectivity index (χ4v) is 3.72. The molecular weight excluding hydrogens is 447 g/mol. The molecule has 0 unspecified atom stereocenters. The molecule has 0 aliphatic carbocycles. The second-order valence-corrected chi connectivity index (χ2v) is 8.04. The zero-order valence-corrected chi connectivity index (χ0v) is 18.8. The summed E-state index contributed by atoms with van der Waals surface area (Å²) < 4.78 is 5.55. The van der Waals surface area contributed by atoms with Crippen LogP contribution in [0.1, 0.15) is 18.1 Å². The molecule has 3 aromatic rings. The Morgan fingerprint density at radius 2 is 1.53 bits per heavy atom. The van der Waals surface area contributed by atoms with Gasteiger partial charge in [0.2, 0.25) is 0 Å². The maximum absolute atomic E-state index is 13.4. The first-order valence-corrected chi connectivity index (χ1v) is 10.8. The van der Waals surface area contributed by atoms with Gasteiger partial charge in [-0.25, -0.2) is 0 Å². The van der Waals surface area contributed by atoms with Crippen molar-refractivity contribution in [3.05, 3.63) is 99.7 Å². The summed E-state index contributed by atoms with van der Waals surface area (Å²) in [7, 11) is 0. The highest BCUT2D eigenvalue weighted by molar-refractivity contribution is 6.37. The predicted octanol–water partition coefficient (Wildman–Crippen LogP) is 5.78. The van der Waals surface area contributed by atoms with Crippen molar-refractivity contribution in [1.82, 2.24) is 4.90 Å². The summed E-state index contributed by atoms with van der Waals surface area (Å²) in [6.07, 6.45) is 0. The zero-order valence-electron chi connectivity index (χ0n) is 17.3. The molecule has 0 spiro atoms. The second kappa shape index (κ2) is 9.47. The van der Waals surface area contributed by atoms with E-state index in [-0.39, 0.29) is 18.1 Å². The maximum atomic E-state index is 13.4. The van der Waals surface area contributed by atoms with Crippen LogP contribution in [0.2, 0.25) is 10.0 Å². The van der Waals surface area contributed by atoms with Crippen molar-refractivity contribution in [3.8, 4) is 5.75 Å². The Hall–Kier alpha value is -3.28. The van der Waals surface area contributed by atoms with Gasteiger partial charge in [-0.15, -0.1) is 0 Å². The van der Waals surface area contributed by atoms with Crippen LogP contribution in [0.4, 0.5) is 5.69 Å². The number of imide groups is 1. The van der Waals surface area contributed by atoms with Crippen LogP contribution in [0.15, 0.2) is 78.5 Å². The third-order valence-corrected chi connectivity index (χ3v) is 5.47. The smallest absolute Gasteiger partial charge is 0.278 e. The Morgan fingerprint density at radius 3 is 2.19 bits per heavy atom. The molecule has 1 N–H and O–H groups in total. The van der Waals surface area contributed by atoms with Crippen LogP contribution in [0.5, 0.6) is 5.75 Å². The summed E-state index contributed by atoms with van der Waals surface area (Å²) >= 11 is 12.0. The maximum Gasteiger partial charge on any atom is 0.278 e. The monoisotopic (exact) mass is 466 g/mol. The fraction of sp³-hybridized carbons (Fsp3) is 0.120. The SMILES string of the molecule is CCOc1cccc(NC2=C(c3ccc(Cl)cc3)C(=O)N(Cc3ccc(Cl)cc3)C2=O)c1. The molecule has 4 rings (SSSR count). The van der Waals surface area contributed by atoms with E-state index in [1.165, 1.54) is 4.90 Å². The predicted molar refractivity (Wildman–Crippen MR) is 127 cm³/mol. The van der Waals surface area contributed by atoms with Crippen molar-refractivity contribution in [3.63, 3.8) is 0 Å². The molecule has 1 aliphatic heterocycles. The lowest BCUT2D eigenvalue weighted by Crippen LogP contribution is -2.32. The average Bonchev–Trinajstić information content (AvgIpc) is 3.01. The van der Waals surface area contributed by atoms with E-state index in [4.69, 9.17) is 27.9 Å². The first kappa shape index (κ1) is 21.9. The van der Waals surface area contributed by atoms with E-state index in [1.807, 2.05) is 25.1 Å². The Labute approximate surface area is 196 Å². The first-order valence-electron chi connectivity index (χ1n) is 10.1. The van der Waals surface area contributed by atoms with Crippen LogP contribution in [0.3, 0.4) is 0 Å². The number of benzene rings is 3. The average molecular weight is 467 g/mol. The van der Waals surface area contributed by atoms with Crippen molar-refractivity contribution in [2.24, 2.45) is 0 Å². The van der Waals surface area contributed by atoms with Gasteiger partial charge in [0, 0.05) is 21.8 Å². The minimum absolute atomic E-state index is 0.135. The summed E-state index contributed by atoms with van der Waals surface area (Å²) in [5, 5.41) is 4.27. The van der Waals surface area contributed by atoms with Crippen molar-refractivity contribution in [2.45, 2.75) is 13.5 Å². The highest BCUT2D eigenvalue weighted by atomic mass is 35.5. The van der Waals surface area contributed by atoms with E-state index in [0.717, 1.165) is 5.56 Å². The molecule has 0 saturated carbocycles. The highest BCUT2D eigenvalue weighted by Crippen LogP contribution is 2.32. The van der Waals surface area contributed by atoms with Crippen LogP contribution < -0.4 is 10.1 Å². The zero-order chi connectivity index (χ0) is 22.7. The summed E-state index contributed by atoms with van der Waals surface area (Å²) in [5.74, 6) is -0.117. The van der Waals surface area contributed by atoms with E-state index in [0.29, 0.717) is 39.2 Å². The Bertz CT molecular complexity index is 1190. The molecule has 5 nitrogen and oxygen atoms in total. The molecule has 0 radical (unpaired) electrons. The van der Waals surface area contributed by atoms with Gasteiger partial charge in [0.1, 0.15) is 11.4 Å². The highest BCUT2D eigenvalue weighted by Gasteiger charge is 2.39. The normalized spacial score (nSPS) is 13.7. The van der Waals surface area contributed by atoms with Crippen LogP contribution in [0.25, 0.3) is 5.57 Å². The van der Waals surface area contributed by atoms with Gasteiger partial charge >= 0.3 is 0 Å². The molecule has 1 aliphatic rings. The number of halogens is 2. The minimum atomic E-state index is -0.406. The van der Waals surface area contributed by atoms with Gasteiger partial charge in [-0.3, -0.25) is 14.5 Å². The number of nitrogens with one attached hydrogen (secondary N) is 1. The molecule has 0 fully saturated rings. The van der Waals surface area contributed by atoms with Gasteiger partial charge in [-0.2, -0.15) is 0 Å². The number of hydrogen-bond donors (Lipinski definition) is 1. The number of carbonyl (C=O) groups excluding carboxylic acids is 2. The standard InChI is InChI=1S/C25H20Cl2N2O3/c1-2-32-21-5-3-4-20(14-21)28-23-22(17-8-12-19(27)13-9-17)24(30)29(25(23)31)15-16-6-10-18(26)11-7-16/h3-14,28H,2,15H2,1H3. The first-order chi connectivity index (χ1) is 15.5. The molecular formula is C25H20Cl2N2O3. The molecule has 7 heteroatoms. The number of anilines is 1. The van der Waals surface area contributed by atoms with Crippen molar-refractivity contribution in [1.29, 1.82) is 0 Å². The van der Waals surface area contributed by atoms with Gasteiger partial charge < -0.3 is 10.1 Å². The number of rotatable bonds is 7. The van der Waals surface area contributed by atoms with Crippen molar-refractivity contribution in [2.75, 3.05) is 11.9 Å². The Balaban J connectivity index is 1.71. The van der Waals surface area contributed by atoms with Crippen LogP contribution in [-0.4, -0.2) is 23.3 Å². The fourth-order valence-electron chi connectivity index (χ4n) is 3.47. The van der Waals surface area contributed by atoms with Gasteiger partial charge in [-0.05, 0) is 54.4 Å². The topological polar surface area (TPSA) is 58.6 Å². The Kier molecular flexibility index (Phi) is 6.49. The van der Waals surface area contributed by atoms with Gasteiger partial charge in [0.15, 0.2) is 0 Å². The quantitative estimate of drug-likeness (QED) is 0.448. The van der Waals surface area contributed by atoms with Gasteiger partial charge in [0.05, 0.1) is 18.7 Å². The van der Waals surface area contributed by atoms with E-state index in [2.05, 4.69) is 5.32 Å². The third-order valence-electron chi connectivity index (χ3n) is 4.97. The summed E-state index contributed by atoms with van der Waals surface area (Å²) in [6, 6.07) is 21.1. The second-order valence-electron chi connectivity index (χ2n) is 7.17. The molecule has 0 saturated heterocycles. The minimum Gasteiger partial charge on any atom is -0.494 e. The van der Waals surface area contributed by atoms with Crippen LogP contribution >= 0.6 is 23.2 Å². The molecule has 162 valence electrons.